The van der Waals surface area contributed by atoms with Crippen LogP contribution in [0.5, 0.6) is 0 Å². The number of hydrogen-bond acceptors (Lipinski definition) is 6. The number of ether oxygens (including phenoxy) is 1. The summed E-state index contributed by atoms with van der Waals surface area (Å²) in [5, 5.41) is 4.15. The van der Waals surface area contributed by atoms with Crippen molar-refractivity contribution in [3.63, 3.8) is 0 Å². The van der Waals surface area contributed by atoms with Crippen LogP contribution in [0, 0.1) is 11.6 Å². The highest BCUT2D eigenvalue weighted by atomic mass is 35.5. The molecule has 2 heterocycles. The number of benzene rings is 2. The molecule has 12 heteroatoms. The molecule has 0 spiro atoms. The fraction of sp³-hybridized carbons (Fsp3) is 0.200. The largest absolute Gasteiger partial charge is 0.379 e. The molecule has 0 atom stereocenters. The predicted octanol–water partition coefficient (Wildman–Crippen LogP) is 4.01. The van der Waals surface area contributed by atoms with Gasteiger partial charge < -0.3 is 4.74 Å². The van der Waals surface area contributed by atoms with Gasteiger partial charge in [-0.05, 0) is 36.4 Å². The lowest BCUT2D eigenvalue weighted by molar-refractivity contribution is 0.0730. The van der Waals surface area contributed by atoms with Crippen molar-refractivity contribution >= 4 is 44.0 Å². The number of rotatable bonds is 5. The van der Waals surface area contributed by atoms with Crippen LogP contribution in [0.25, 0.3) is 11.3 Å². The first-order valence-electron chi connectivity index (χ1n) is 9.35. The van der Waals surface area contributed by atoms with E-state index in [0.29, 0.717) is 0 Å². The number of carbonyl (C=O) groups is 1. The number of nitrogens with one attached hydrogen (secondary N) is 1. The molecule has 1 amide bonds. The van der Waals surface area contributed by atoms with Crippen molar-refractivity contribution in [2.75, 3.05) is 31.6 Å². The van der Waals surface area contributed by atoms with Gasteiger partial charge in [-0.15, -0.1) is 11.3 Å². The van der Waals surface area contributed by atoms with E-state index in [1.165, 1.54) is 27.9 Å². The maximum absolute atomic E-state index is 14.0. The number of nitrogens with zero attached hydrogens (tertiary/aromatic N) is 2. The van der Waals surface area contributed by atoms with E-state index >= 15 is 0 Å². The Bertz CT molecular complexity index is 1280. The van der Waals surface area contributed by atoms with Gasteiger partial charge in [0.25, 0.3) is 5.91 Å². The van der Waals surface area contributed by atoms with Gasteiger partial charge in [-0.3, -0.25) is 10.1 Å². The van der Waals surface area contributed by atoms with Crippen LogP contribution >= 0.6 is 22.9 Å². The van der Waals surface area contributed by atoms with E-state index in [1.54, 1.807) is 0 Å². The summed E-state index contributed by atoms with van der Waals surface area (Å²) in [6.07, 6.45) is 0. The number of aromatic nitrogens is 1. The van der Waals surface area contributed by atoms with E-state index in [4.69, 9.17) is 16.3 Å². The summed E-state index contributed by atoms with van der Waals surface area (Å²) in [4.78, 5) is 16.6. The van der Waals surface area contributed by atoms with Crippen molar-refractivity contribution in [1.29, 1.82) is 0 Å². The first-order chi connectivity index (χ1) is 15.3. The molecule has 32 heavy (non-hydrogen) atoms. The minimum Gasteiger partial charge on any atom is -0.379 e. The average molecular weight is 500 g/mol. The lowest BCUT2D eigenvalue weighted by Gasteiger charge is -2.26. The first-order valence-corrected chi connectivity index (χ1v) is 12.1. The molecule has 0 saturated carbocycles. The molecular formula is C20H16ClF2N3O4S2. The molecule has 1 saturated heterocycles. The molecule has 1 aliphatic heterocycles. The van der Waals surface area contributed by atoms with E-state index in [1.807, 2.05) is 0 Å². The summed E-state index contributed by atoms with van der Waals surface area (Å²) in [6, 6.07) is 6.92. The van der Waals surface area contributed by atoms with Gasteiger partial charge in [-0.2, -0.15) is 4.31 Å². The first kappa shape index (κ1) is 22.7. The second kappa shape index (κ2) is 9.20. The zero-order valence-electron chi connectivity index (χ0n) is 16.3. The zero-order valence-corrected chi connectivity index (χ0v) is 18.7. The molecule has 2 aromatic carbocycles. The number of anilines is 1. The fourth-order valence-corrected chi connectivity index (χ4v) is 5.70. The SMILES string of the molecule is O=C(Nc1nc(-c2cc(F)ccc2F)cs1)c1ccc(Cl)c(S(=O)(=O)N2CCOCC2)c1. The lowest BCUT2D eigenvalue weighted by atomic mass is 10.1. The molecule has 1 N–H and O–H groups in total. The van der Waals surface area contributed by atoms with Gasteiger partial charge in [0.15, 0.2) is 5.13 Å². The van der Waals surface area contributed by atoms with Gasteiger partial charge in [0.2, 0.25) is 10.0 Å². The Hall–Kier alpha value is -2.44. The molecule has 3 aromatic rings. The van der Waals surface area contributed by atoms with Gasteiger partial charge in [0.05, 0.1) is 23.9 Å². The molecule has 0 aliphatic carbocycles. The Morgan fingerprint density at radius 2 is 1.91 bits per heavy atom. The van der Waals surface area contributed by atoms with Crippen molar-refractivity contribution in [2.24, 2.45) is 0 Å². The summed E-state index contributed by atoms with van der Waals surface area (Å²) in [5.74, 6) is -1.89. The van der Waals surface area contributed by atoms with Crippen LogP contribution < -0.4 is 5.32 Å². The zero-order chi connectivity index (χ0) is 22.9. The Morgan fingerprint density at radius 3 is 2.66 bits per heavy atom. The number of carbonyl (C=O) groups excluding carboxylic acids is 1. The number of thiazole rings is 1. The Morgan fingerprint density at radius 1 is 1.16 bits per heavy atom. The topological polar surface area (TPSA) is 88.6 Å². The Kier molecular flexibility index (Phi) is 6.54. The highest BCUT2D eigenvalue weighted by molar-refractivity contribution is 7.89. The van der Waals surface area contributed by atoms with E-state index < -0.39 is 27.6 Å². The molecule has 4 rings (SSSR count). The predicted molar refractivity (Wildman–Crippen MR) is 116 cm³/mol. The molecule has 1 fully saturated rings. The van der Waals surface area contributed by atoms with E-state index in [2.05, 4.69) is 10.3 Å². The quantitative estimate of drug-likeness (QED) is 0.573. The van der Waals surface area contributed by atoms with Crippen LogP contribution in [0.4, 0.5) is 13.9 Å². The third-order valence-electron chi connectivity index (χ3n) is 4.71. The van der Waals surface area contributed by atoms with Gasteiger partial charge in [-0.1, -0.05) is 11.6 Å². The van der Waals surface area contributed by atoms with Crippen molar-refractivity contribution in [3.05, 3.63) is 64.0 Å². The number of hydrogen-bond donors (Lipinski definition) is 1. The molecule has 1 aromatic heterocycles. The highest BCUT2D eigenvalue weighted by Crippen LogP contribution is 2.29. The maximum atomic E-state index is 14.0. The van der Waals surface area contributed by atoms with Crippen LogP contribution in [0.2, 0.25) is 5.02 Å². The summed E-state index contributed by atoms with van der Waals surface area (Å²) < 4.78 is 59.7. The Labute approximate surface area is 191 Å². The van der Waals surface area contributed by atoms with Crippen LogP contribution in [-0.2, 0) is 14.8 Å². The number of halogens is 3. The Balaban J connectivity index is 1.56. The third-order valence-corrected chi connectivity index (χ3v) is 7.85. The van der Waals surface area contributed by atoms with Gasteiger partial charge in [-0.25, -0.2) is 22.2 Å². The molecule has 0 bridgehead atoms. The number of morpholine rings is 1. The van der Waals surface area contributed by atoms with Crippen LogP contribution in [-0.4, -0.2) is 49.9 Å². The summed E-state index contributed by atoms with van der Waals surface area (Å²) in [6.45, 7) is 0.922. The second-order valence-corrected chi connectivity index (χ2v) is 9.95. The van der Waals surface area contributed by atoms with E-state index in [-0.39, 0.29) is 58.2 Å². The van der Waals surface area contributed by atoms with Gasteiger partial charge in [0, 0.05) is 29.6 Å². The van der Waals surface area contributed by atoms with Gasteiger partial charge in [0.1, 0.15) is 16.5 Å². The van der Waals surface area contributed by atoms with E-state index in [9.17, 15) is 22.0 Å². The molecular weight excluding hydrogens is 484 g/mol. The third kappa shape index (κ3) is 4.66. The van der Waals surface area contributed by atoms with Gasteiger partial charge >= 0.3 is 0 Å². The monoisotopic (exact) mass is 499 g/mol. The van der Waals surface area contributed by atoms with Crippen molar-refractivity contribution in [2.45, 2.75) is 4.90 Å². The summed E-state index contributed by atoms with van der Waals surface area (Å²) in [7, 11) is -3.91. The highest BCUT2D eigenvalue weighted by Gasteiger charge is 2.29. The van der Waals surface area contributed by atoms with Crippen LogP contribution in [0.3, 0.4) is 0 Å². The van der Waals surface area contributed by atoms with Crippen molar-refractivity contribution < 1.29 is 26.7 Å². The molecule has 0 unspecified atom stereocenters. The summed E-state index contributed by atoms with van der Waals surface area (Å²) in [5.41, 5.74) is 0.177. The maximum Gasteiger partial charge on any atom is 0.257 e. The molecule has 1 aliphatic rings. The lowest BCUT2D eigenvalue weighted by Crippen LogP contribution is -2.40. The van der Waals surface area contributed by atoms with Crippen molar-refractivity contribution in [3.8, 4) is 11.3 Å². The summed E-state index contributed by atoms with van der Waals surface area (Å²) >= 11 is 7.14. The number of sulfonamides is 1. The van der Waals surface area contributed by atoms with Crippen molar-refractivity contribution in [1.82, 2.24) is 9.29 Å². The minimum absolute atomic E-state index is 0.00819. The average Bonchev–Trinajstić information content (AvgIpc) is 3.24. The van der Waals surface area contributed by atoms with E-state index in [0.717, 1.165) is 29.5 Å². The number of amides is 1. The smallest absolute Gasteiger partial charge is 0.257 e. The molecule has 0 radical (unpaired) electrons. The molecule has 168 valence electrons. The fourth-order valence-electron chi connectivity index (χ4n) is 3.09. The molecule has 7 nitrogen and oxygen atoms in total. The second-order valence-electron chi connectivity index (χ2n) is 6.78. The standard InChI is InChI=1S/C20H16ClF2N3O4S2/c21-15-3-1-12(9-18(15)32(28,29)26-5-7-30-8-6-26)19(27)25-20-24-17(11-31-20)14-10-13(22)2-4-16(14)23/h1-4,9-11H,5-8H2,(H,24,25,27). The van der Waals surface area contributed by atoms with Crippen LogP contribution in [0.1, 0.15) is 10.4 Å². The minimum atomic E-state index is -3.91. The van der Waals surface area contributed by atoms with Crippen LogP contribution in [0.15, 0.2) is 46.7 Å². The normalized spacial score (nSPS) is 15.0.